The molecule has 0 saturated carbocycles. The molecule has 0 aliphatic rings. The van der Waals surface area contributed by atoms with Gasteiger partial charge in [-0.05, 0) is 30.3 Å². The zero-order chi connectivity index (χ0) is 14.2. The molecular weight excluding hydrogens is 304 g/mol. The predicted octanol–water partition coefficient (Wildman–Crippen LogP) is 4.64. The van der Waals surface area contributed by atoms with Gasteiger partial charge >= 0.3 is 0 Å². The van der Waals surface area contributed by atoms with Crippen LogP contribution in [-0.4, -0.2) is 15.0 Å². The van der Waals surface area contributed by atoms with E-state index in [0.717, 1.165) is 26.4 Å². The summed E-state index contributed by atoms with van der Waals surface area (Å²) in [5.74, 6) is 0.679. The lowest BCUT2D eigenvalue weighted by Gasteiger charge is -2.02. The molecule has 0 spiro atoms. The van der Waals surface area contributed by atoms with Crippen LogP contribution in [0.2, 0.25) is 5.02 Å². The number of halogens is 1. The molecule has 21 heavy (non-hydrogen) atoms. The number of benzene rings is 2. The number of nitrogens with one attached hydrogen (secondary N) is 1. The normalized spacial score (nSPS) is 11.1. The van der Waals surface area contributed by atoms with Crippen LogP contribution in [0.4, 0.5) is 10.9 Å². The molecule has 0 bridgehead atoms. The Bertz CT molecular complexity index is 951. The largest absolute Gasteiger partial charge is 0.315 e. The van der Waals surface area contributed by atoms with E-state index in [4.69, 9.17) is 11.6 Å². The third kappa shape index (κ3) is 2.41. The van der Waals surface area contributed by atoms with E-state index in [-0.39, 0.29) is 0 Å². The van der Waals surface area contributed by atoms with E-state index in [1.54, 1.807) is 6.20 Å². The fourth-order valence-corrected chi connectivity index (χ4v) is 3.23. The highest BCUT2D eigenvalue weighted by molar-refractivity contribution is 7.22. The number of rotatable bonds is 2. The molecule has 0 aliphatic heterocycles. The van der Waals surface area contributed by atoms with Crippen LogP contribution >= 0.6 is 22.9 Å². The van der Waals surface area contributed by atoms with Gasteiger partial charge in [0, 0.05) is 5.02 Å². The molecule has 6 heteroatoms. The Morgan fingerprint density at radius 1 is 0.952 bits per heavy atom. The SMILES string of the molecule is Clc1ccc2nc(Nc3cnc4ccccc4n3)sc2c1. The van der Waals surface area contributed by atoms with Crippen molar-refractivity contribution in [2.45, 2.75) is 0 Å². The Morgan fingerprint density at radius 3 is 2.71 bits per heavy atom. The third-order valence-corrected chi connectivity index (χ3v) is 4.20. The van der Waals surface area contributed by atoms with Crippen molar-refractivity contribution in [2.75, 3.05) is 5.32 Å². The van der Waals surface area contributed by atoms with Crippen molar-refractivity contribution in [1.29, 1.82) is 0 Å². The number of para-hydroxylation sites is 2. The van der Waals surface area contributed by atoms with E-state index in [0.29, 0.717) is 10.8 Å². The number of hydrogen-bond donors (Lipinski definition) is 1. The van der Waals surface area contributed by atoms with Gasteiger partial charge in [0.25, 0.3) is 0 Å². The van der Waals surface area contributed by atoms with Gasteiger partial charge in [-0.15, -0.1) is 0 Å². The molecule has 4 nitrogen and oxygen atoms in total. The van der Waals surface area contributed by atoms with Crippen LogP contribution in [0.1, 0.15) is 0 Å². The molecule has 2 heterocycles. The van der Waals surface area contributed by atoms with Crippen molar-refractivity contribution >= 4 is 55.1 Å². The molecular formula is C15H9ClN4S. The molecule has 0 atom stereocenters. The van der Waals surface area contributed by atoms with Crippen molar-refractivity contribution in [1.82, 2.24) is 15.0 Å². The summed E-state index contributed by atoms with van der Waals surface area (Å²) >= 11 is 7.53. The molecule has 2 aromatic heterocycles. The fraction of sp³-hybridized carbons (Fsp3) is 0. The molecule has 4 aromatic rings. The quantitative estimate of drug-likeness (QED) is 0.586. The number of fused-ring (bicyclic) bond motifs is 2. The topological polar surface area (TPSA) is 50.7 Å². The molecule has 0 amide bonds. The second-order valence-electron chi connectivity index (χ2n) is 4.50. The average Bonchev–Trinajstić information content (AvgIpc) is 2.88. The Kier molecular flexibility index (Phi) is 2.94. The van der Waals surface area contributed by atoms with E-state index in [1.165, 1.54) is 11.3 Å². The van der Waals surface area contributed by atoms with Crippen molar-refractivity contribution in [3.63, 3.8) is 0 Å². The number of aromatic nitrogens is 3. The lowest BCUT2D eigenvalue weighted by molar-refractivity contribution is 1.27. The Labute approximate surface area is 129 Å². The van der Waals surface area contributed by atoms with Crippen LogP contribution in [0, 0.1) is 0 Å². The molecule has 0 radical (unpaired) electrons. The van der Waals surface area contributed by atoms with Gasteiger partial charge < -0.3 is 5.32 Å². The average molecular weight is 313 g/mol. The summed E-state index contributed by atoms with van der Waals surface area (Å²) in [7, 11) is 0. The molecule has 4 rings (SSSR count). The molecule has 102 valence electrons. The third-order valence-electron chi connectivity index (χ3n) is 3.03. The number of anilines is 2. The summed E-state index contributed by atoms with van der Waals surface area (Å²) in [4.78, 5) is 13.4. The predicted molar refractivity (Wildman–Crippen MR) is 87.5 cm³/mol. The minimum atomic E-state index is 0.679. The Balaban J connectivity index is 1.71. The second-order valence-corrected chi connectivity index (χ2v) is 5.97. The van der Waals surface area contributed by atoms with E-state index >= 15 is 0 Å². The highest BCUT2D eigenvalue weighted by Gasteiger charge is 2.06. The maximum absolute atomic E-state index is 5.99. The minimum absolute atomic E-state index is 0.679. The summed E-state index contributed by atoms with van der Waals surface area (Å²) < 4.78 is 1.04. The van der Waals surface area contributed by atoms with Crippen LogP contribution in [0.5, 0.6) is 0 Å². The van der Waals surface area contributed by atoms with Crippen molar-refractivity contribution in [3.05, 3.63) is 53.7 Å². The van der Waals surface area contributed by atoms with Crippen LogP contribution in [0.15, 0.2) is 48.7 Å². The number of hydrogen-bond acceptors (Lipinski definition) is 5. The molecule has 0 aliphatic carbocycles. The maximum Gasteiger partial charge on any atom is 0.189 e. The molecule has 0 unspecified atom stereocenters. The zero-order valence-corrected chi connectivity index (χ0v) is 12.3. The molecule has 0 fully saturated rings. The van der Waals surface area contributed by atoms with Gasteiger partial charge in [-0.2, -0.15) is 0 Å². The summed E-state index contributed by atoms with van der Waals surface area (Å²) in [6.07, 6.45) is 1.71. The van der Waals surface area contributed by atoms with E-state index in [2.05, 4.69) is 20.3 Å². The lowest BCUT2D eigenvalue weighted by Crippen LogP contribution is -1.94. The van der Waals surface area contributed by atoms with Crippen LogP contribution < -0.4 is 5.32 Å². The van der Waals surface area contributed by atoms with E-state index in [9.17, 15) is 0 Å². The van der Waals surface area contributed by atoms with Gasteiger partial charge in [0.05, 0.1) is 27.4 Å². The van der Waals surface area contributed by atoms with Crippen molar-refractivity contribution < 1.29 is 0 Å². The lowest BCUT2D eigenvalue weighted by atomic mass is 10.3. The van der Waals surface area contributed by atoms with Crippen molar-refractivity contribution in [2.24, 2.45) is 0 Å². The minimum Gasteiger partial charge on any atom is -0.315 e. The van der Waals surface area contributed by atoms with Gasteiger partial charge in [0.15, 0.2) is 10.9 Å². The standard InChI is InChI=1S/C15H9ClN4S/c16-9-5-6-12-13(7-9)21-15(19-12)20-14-8-17-10-3-1-2-4-11(10)18-14/h1-8H,(H,18,19,20). The summed E-state index contributed by atoms with van der Waals surface area (Å²) in [6.45, 7) is 0. The van der Waals surface area contributed by atoms with Gasteiger partial charge in [0.1, 0.15) is 0 Å². The van der Waals surface area contributed by atoms with Gasteiger partial charge in [-0.1, -0.05) is 35.1 Å². The smallest absolute Gasteiger partial charge is 0.189 e. The summed E-state index contributed by atoms with van der Waals surface area (Å²) in [5, 5.41) is 4.68. The first kappa shape index (κ1) is 12.5. The molecule has 1 N–H and O–H groups in total. The molecule has 0 saturated heterocycles. The van der Waals surface area contributed by atoms with Gasteiger partial charge in [-0.3, -0.25) is 4.98 Å². The van der Waals surface area contributed by atoms with E-state index < -0.39 is 0 Å². The highest BCUT2D eigenvalue weighted by atomic mass is 35.5. The monoisotopic (exact) mass is 312 g/mol. The van der Waals surface area contributed by atoms with Crippen LogP contribution in [-0.2, 0) is 0 Å². The number of thiazole rings is 1. The summed E-state index contributed by atoms with van der Waals surface area (Å²) in [5.41, 5.74) is 2.64. The first-order chi connectivity index (χ1) is 10.3. The number of nitrogens with zero attached hydrogens (tertiary/aromatic N) is 3. The first-order valence-electron chi connectivity index (χ1n) is 6.33. The maximum atomic E-state index is 5.99. The second kappa shape index (κ2) is 4.95. The summed E-state index contributed by atoms with van der Waals surface area (Å²) in [6, 6.07) is 13.4. The molecule has 2 aromatic carbocycles. The van der Waals surface area contributed by atoms with Crippen LogP contribution in [0.25, 0.3) is 21.3 Å². The van der Waals surface area contributed by atoms with E-state index in [1.807, 2.05) is 42.5 Å². The fourth-order valence-electron chi connectivity index (χ4n) is 2.08. The zero-order valence-electron chi connectivity index (χ0n) is 10.7. The first-order valence-corrected chi connectivity index (χ1v) is 7.52. The van der Waals surface area contributed by atoms with Crippen LogP contribution in [0.3, 0.4) is 0 Å². The Morgan fingerprint density at radius 2 is 1.81 bits per heavy atom. The highest BCUT2D eigenvalue weighted by Crippen LogP contribution is 2.29. The van der Waals surface area contributed by atoms with Gasteiger partial charge in [-0.25, -0.2) is 9.97 Å². The Hall–Kier alpha value is -2.24. The van der Waals surface area contributed by atoms with Gasteiger partial charge in [0.2, 0.25) is 0 Å². The van der Waals surface area contributed by atoms with Crippen molar-refractivity contribution in [3.8, 4) is 0 Å².